The predicted molar refractivity (Wildman–Crippen MR) is 172 cm³/mol. The summed E-state index contributed by atoms with van der Waals surface area (Å²) in [6, 6.07) is 48.3. The summed E-state index contributed by atoms with van der Waals surface area (Å²) in [5.74, 6) is 0.638. The molecule has 9 rings (SSSR count). The fourth-order valence-electron chi connectivity index (χ4n) is 6.32. The molecule has 0 saturated carbocycles. The third-order valence-corrected chi connectivity index (χ3v) is 8.19. The van der Waals surface area contributed by atoms with Gasteiger partial charge < -0.3 is 8.98 Å². The van der Waals surface area contributed by atoms with E-state index in [0.717, 1.165) is 66.4 Å². The summed E-state index contributed by atoms with van der Waals surface area (Å²) in [5, 5.41) is 5.57. The van der Waals surface area contributed by atoms with Crippen molar-refractivity contribution in [2.75, 3.05) is 0 Å². The standard InChI is InChI=1S/C38H23N3O/c1-2-12-24(13-3-1)36-29-17-4-8-18-32(29)39-38(40-36)31-23-25(22-30-28-16-7-11-21-35(28)42-37(30)31)41-33-19-9-5-14-26(33)27-15-6-10-20-34(27)41/h1-23H. The number of para-hydroxylation sites is 4. The molecule has 0 aliphatic carbocycles. The van der Waals surface area contributed by atoms with Crippen LogP contribution in [-0.2, 0) is 0 Å². The Balaban J connectivity index is 1.42. The molecule has 3 heterocycles. The summed E-state index contributed by atoms with van der Waals surface area (Å²) in [6.07, 6.45) is 0. The smallest absolute Gasteiger partial charge is 0.164 e. The first-order valence-corrected chi connectivity index (χ1v) is 14.1. The van der Waals surface area contributed by atoms with Gasteiger partial charge in [0, 0.05) is 38.2 Å². The predicted octanol–water partition coefficient (Wildman–Crippen LogP) is 9.96. The first kappa shape index (κ1) is 23.0. The van der Waals surface area contributed by atoms with E-state index in [1.165, 1.54) is 10.8 Å². The van der Waals surface area contributed by atoms with Crippen LogP contribution in [0.1, 0.15) is 0 Å². The van der Waals surface area contributed by atoms with Gasteiger partial charge in [-0.3, -0.25) is 0 Å². The summed E-state index contributed by atoms with van der Waals surface area (Å²) in [4.78, 5) is 10.3. The molecule has 4 nitrogen and oxygen atoms in total. The molecule has 42 heavy (non-hydrogen) atoms. The minimum absolute atomic E-state index is 0.638. The molecule has 0 aliphatic rings. The monoisotopic (exact) mass is 537 g/mol. The Morgan fingerprint density at radius 3 is 1.88 bits per heavy atom. The van der Waals surface area contributed by atoms with Crippen LogP contribution in [0.4, 0.5) is 0 Å². The van der Waals surface area contributed by atoms with E-state index in [9.17, 15) is 0 Å². The Bertz CT molecular complexity index is 2420. The van der Waals surface area contributed by atoms with Gasteiger partial charge in [-0.25, -0.2) is 9.97 Å². The van der Waals surface area contributed by atoms with Gasteiger partial charge in [-0.1, -0.05) is 103 Å². The van der Waals surface area contributed by atoms with E-state index in [2.05, 4.69) is 102 Å². The number of hydrogen-bond acceptors (Lipinski definition) is 3. The molecular formula is C38H23N3O. The number of furan rings is 1. The van der Waals surface area contributed by atoms with Crippen molar-refractivity contribution in [1.29, 1.82) is 0 Å². The molecule has 196 valence electrons. The van der Waals surface area contributed by atoms with Gasteiger partial charge in [-0.15, -0.1) is 0 Å². The Morgan fingerprint density at radius 2 is 1.12 bits per heavy atom. The van der Waals surface area contributed by atoms with Gasteiger partial charge in [-0.05, 0) is 36.4 Å². The van der Waals surface area contributed by atoms with Crippen molar-refractivity contribution in [3.63, 3.8) is 0 Å². The molecule has 0 amide bonds. The van der Waals surface area contributed by atoms with Gasteiger partial charge in [0.25, 0.3) is 0 Å². The average Bonchev–Trinajstić information content (AvgIpc) is 3.60. The lowest BCUT2D eigenvalue weighted by Gasteiger charge is -2.13. The summed E-state index contributed by atoms with van der Waals surface area (Å²) in [6.45, 7) is 0. The second kappa shape index (κ2) is 8.88. The van der Waals surface area contributed by atoms with Crippen LogP contribution in [0.5, 0.6) is 0 Å². The van der Waals surface area contributed by atoms with Crippen molar-refractivity contribution >= 4 is 54.6 Å². The van der Waals surface area contributed by atoms with E-state index in [0.29, 0.717) is 5.82 Å². The summed E-state index contributed by atoms with van der Waals surface area (Å²) in [5.41, 5.74) is 8.70. The van der Waals surface area contributed by atoms with E-state index in [1.54, 1.807) is 0 Å². The average molecular weight is 538 g/mol. The number of nitrogens with zero attached hydrogens (tertiary/aromatic N) is 3. The minimum atomic E-state index is 0.638. The van der Waals surface area contributed by atoms with Crippen LogP contribution >= 0.6 is 0 Å². The van der Waals surface area contributed by atoms with Crippen LogP contribution in [0.3, 0.4) is 0 Å². The van der Waals surface area contributed by atoms with Gasteiger partial charge in [0.1, 0.15) is 11.2 Å². The first-order valence-electron chi connectivity index (χ1n) is 14.1. The van der Waals surface area contributed by atoms with Gasteiger partial charge in [0.2, 0.25) is 0 Å². The fraction of sp³-hybridized carbons (Fsp3) is 0. The van der Waals surface area contributed by atoms with Crippen molar-refractivity contribution in [3.05, 3.63) is 140 Å². The second-order valence-electron chi connectivity index (χ2n) is 10.6. The van der Waals surface area contributed by atoms with Gasteiger partial charge in [-0.2, -0.15) is 0 Å². The highest BCUT2D eigenvalue weighted by Crippen LogP contribution is 2.40. The molecule has 0 bridgehead atoms. The first-order chi connectivity index (χ1) is 20.8. The fourth-order valence-corrected chi connectivity index (χ4v) is 6.32. The van der Waals surface area contributed by atoms with Gasteiger partial charge in [0.15, 0.2) is 5.82 Å². The lowest BCUT2D eigenvalue weighted by Crippen LogP contribution is -1.98. The Labute approximate surface area is 241 Å². The van der Waals surface area contributed by atoms with Crippen LogP contribution in [0.25, 0.3) is 83.0 Å². The maximum atomic E-state index is 6.55. The van der Waals surface area contributed by atoms with E-state index in [1.807, 2.05) is 42.5 Å². The highest BCUT2D eigenvalue weighted by atomic mass is 16.3. The Morgan fingerprint density at radius 1 is 0.500 bits per heavy atom. The number of hydrogen-bond donors (Lipinski definition) is 0. The molecular weight excluding hydrogens is 514 g/mol. The zero-order valence-electron chi connectivity index (χ0n) is 22.5. The number of rotatable bonds is 3. The van der Waals surface area contributed by atoms with Crippen molar-refractivity contribution < 1.29 is 4.42 Å². The van der Waals surface area contributed by atoms with Crippen LogP contribution in [0, 0.1) is 0 Å². The van der Waals surface area contributed by atoms with E-state index in [4.69, 9.17) is 14.4 Å². The normalized spacial score (nSPS) is 11.8. The highest BCUT2D eigenvalue weighted by Gasteiger charge is 2.20. The van der Waals surface area contributed by atoms with Gasteiger partial charge >= 0.3 is 0 Å². The molecule has 0 spiro atoms. The van der Waals surface area contributed by atoms with E-state index in [-0.39, 0.29) is 0 Å². The SMILES string of the molecule is c1ccc(-c2nc(-c3cc(-n4c5ccccc5c5ccccc54)cc4c3oc3ccccc34)nc3ccccc23)cc1. The highest BCUT2D eigenvalue weighted by molar-refractivity contribution is 6.13. The minimum Gasteiger partial charge on any atom is -0.455 e. The zero-order chi connectivity index (χ0) is 27.6. The number of aromatic nitrogens is 3. The molecule has 0 aliphatic heterocycles. The van der Waals surface area contributed by atoms with Crippen molar-refractivity contribution in [3.8, 4) is 28.3 Å². The van der Waals surface area contributed by atoms with Crippen LogP contribution in [-0.4, -0.2) is 14.5 Å². The molecule has 6 aromatic carbocycles. The summed E-state index contributed by atoms with van der Waals surface area (Å²) < 4.78 is 8.90. The van der Waals surface area contributed by atoms with Gasteiger partial charge in [0.05, 0.1) is 27.8 Å². The van der Waals surface area contributed by atoms with Crippen LogP contribution in [0.2, 0.25) is 0 Å². The molecule has 0 atom stereocenters. The summed E-state index contributed by atoms with van der Waals surface area (Å²) in [7, 11) is 0. The molecule has 0 fully saturated rings. The lowest BCUT2D eigenvalue weighted by atomic mass is 10.0. The van der Waals surface area contributed by atoms with E-state index < -0.39 is 0 Å². The van der Waals surface area contributed by atoms with E-state index >= 15 is 0 Å². The largest absolute Gasteiger partial charge is 0.455 e. The number of benzene rings is 6. The van der Waals surface area contributed by atoms with Crippen LogP contribution in [0.15, 0.2) is 144 Å². The second-order valence-corrected chi connectivity index (χ2v) is 10.6. The topological polar surface area (TPSA) is 43.9 Å². The summed E-state index contributed by atoms with van der Waals surface area (Å²) >= 11 is 0. The van der Waals surface area contributed by atoms with Crippen molar-refractivity contribution in [1.82, 2.24) is 14.5 Å². The Hall–Kier alpha value is -5.74. The number of fused-ring (bicyclic) bond motifs is 7. The van der Waals surface area contributed by atoms with Crippen molar-refractivity contribution in [2.24, 2.45) is 0 Å². The molecule has 0 saturated heterocycles. The molecule has 0 radical (unpaired) electrons. The maximum absolute atomic E-state index is 6.55. The zero-order valence-corrected chi connectivity index (χ0v) is 22.5. The molecule has 0 unspecified atom stereocenters. The molecule has 0 N–H and O–H groups in total. The molecule has 3 aromatic heterocycles. The maximum Gasteiger partial charge on any atom is 0.164 e. The Kier molecular flexibility index (Phi) is 4.87. The van der Waals surface area contributed by atoms with Crippen LogP contribution < -0.4 is 0 Å². The quantitative estimate of drug-likeness (QED) is 0.225. The van der Waals surface area contributed by atoms with Crippen molar-refractivity contribution in [2.45, 2.75) is 0 Å². The molecule has 9 aromatic rings. The third-order valence-electron chi connectivity index (χ3n) is 8.19. The third kappa shape index (κ3) is 3.36. The lowest BCUT2D eigenvalue weighted by molar-refractivity contribution is 0.669. The molecule has 4 heteroatoms.